The van der Waals surface area contributed by atoms with Gasteiger partial charge in [-0.15, -0.1) is 12.4 Å². The highest BCUT2D eigenvalue weighted by atomic mass is 35.5. The first-order valence-electron chi connectivity index (χ1n) is 8.29. The van der Waals surface area contributed by atoms with Crippen molar-refractivity contribution in [3.8, 4) is 5.75 Å². The van der Waals surface area contributed by atoms with Crippen molar-refractivity contribution in [3.63, 3.8) is 0 Å². The number of carbonyl (C=O) groups excluding carboxylic acids is 1. The van der Waals surface area contributed by atoms with Gasteiger partial charge in [-0.25, -0.2) is 0 Å². The summed E-state index contributed by atoms with van der Waals surface area (Å²) < 4.78 is 5.83. The van der Waals surface area contributed by atoms with E-state index < -0.39 is 6.10 Å². The number of nitrogens with one attached hydrogen (secondary N) is 1. The van der Waals surface area contributed by atoms with Crippen molar-refractivity contribution in [1.82, 2.24) is 10.2 Å². The van der Waals surface area contributed by atoms with E-state index in [1.807, 2.05) is 50.1 Å². The fourth-order valence-electron chi connectivity index (χ4n) is 3.75. The summed E-state index contributed by atoms with van der Waals surface area (Å²) in [5.74, 6) is 0.840. The molecule has 1 amide bonds. The molecule has 1 aromatic carbocycles. The van der Waals surface area contributed by atoms with Gasteiger partial charge in [0.2, 0.25) is 0 Å². The lowest BCUT2D eigenvalue weighted by atomic mass is 9.98. The van der Waals surface area contributed by atoms with Crippen LogP contribution in [0.2, 0.25) is 0 Å². The van der Waals surface area contributed by atoms with Gasteiger partial charge < -0.3 is 15.0 Å². The monoisotopic (exact) mass is 338 g/mol. The number of hydrogen-bond donors (Lipinski definition) is 1. The average Bonchev–Trinajstić information content (AvgIpc) is 2.84. The molecule has 128 valence electrons. The van der Waals surface area contributed by atoms with Crippen LogP contribution in [0.15, 0.2) is 24.3 Å². The third-order valence-corrected chi connectivity index (χ3v) is 4.99. The number of fused-ring (bicyclic) bond motifs is 2. The van der Waals surface area contributed by atoms with E-state index in [1.54, 1.807) is 0 Å². The first-order valence-corrected chi connectivity index (χ1v) is 8.29. The fraction of sp³-hybridized carbons (Fsp3) is 0.611. The number of piperidine rings is 1. The maximum absolute atomic E-state index is 12.6. The molecule has 4 nitrogen and oxygen atoms in total. The zero-order valence-corrected chi connectivity index (χ0v) is 14.9. The molecule has 3 atom stereocenters. The number of halogens is 1. The van der Waals surface area contributed by atoms with Crippen molar-refractivity contribution in [2.24, 2.45) is 0 Å². The number of hydrogen-bond acceptors (Lipinski definition) is 3. The third-order valence-electron chi connectivity index (χ3n) is 4.99. The van der Waals surface area contributed by atoms with Crippen LogP contribution in [0.5, 0.6) is 5.75 Å². The summed E-state index contributed by atoms with van der Waals surface area (Å²) in [7, 11) is 1.92. The fourth-order valence-corrected chi connectivity index (χ4v) is 3.75. The molecule has 5 heteroatoms. The largest absolute Gasteiger partial charge is 0.481 e. The molecule has 3 rings (SSSR count). The number of ether oxygens (including phenoxy) is 1. The van der Waals surface area contributed by atoms with Crippen molar-refractivity contribution in [1.29, 1.82) is 0 Å². The highest BCUT2D eigenvalue weighted by Crippen LogP contribution is 2.29. The predicted octanol–water partition coefficient (Wildman–Crippen LogP) is 2.93. The average molecular weight is 339 g/mol. The number of carbonyl (C=O) groups is 1. The minimum Gasteiger partial charge on any atom is -0.481 e. The Morgan fingerprint density at radius 1 is 1.30 bits per heavy atom. The quantitative estimate of drug-likeness (QED) is 0.917. The van der Waals surface area contributed by atoms with Crippen LogP contribution in [0.3, 0.4) is 0 Å². The first kappa shape index (κ1) is 18.1. The molecule has 1 aromatic rings. The lowest BCUT2D eigenvalue weighted by Gasteiger charge is -2.36. The van der Waals surface area contributed by atoms with Crippen LogP contribution < -0.4 is 10.1 Å². The molecule has 2 saturated heterocycles. The van der Waals surface area contributed by atoms with Gasteiger partial charge in [-0.2, -0.15) is 0 Å². The lowest BCUT2D eigenvalue weighted by molar-refractivity contribution is -0.139. The van der Waals surface area contributed by atoms with Crippen LogP contribution in [0, 0.1) is 6.92 Å². The van der Waals surface area contributed by atoms with E-state index in [0.717, 1.165) is 24.2 Å². The highest BCUT2D eigenvalue weighted by molar-refractivity contribution is 5.85. The van der Waals surface area contributed by atoms with Crippen molar-refractivity contribution >= 4 is 18.3 Å². The first-order chi connectivity index (χ1) is 10.5. The van der Waals surface area contributed by atoms with Crippen LogP contribution in [-0.2, 0) is 4.79 Å². The molecule has 1 N–H and O–H groups in total. The van der Waals surface area contributed by atoms with Crippen LogP contribution in [-0.4, -0.2) is 42.1 Å². The number of rotatable bonds is 4. The third kappa shape index (κ3) is 4.18. The van der Waals surface area contributed by atoms with Crippen molar-refractivity contribution in [2.75, 3.05) is 7.05 Å². The van der Waals surface area contributed by atoms with Crippen LogP contribution in [0.4, 0.5) is 0 Å². The predicted molar refractivity (Wildman–Crippen MR) is 94.3 cm³/mol. The zero-order valence-electron chi connectivity index (χ0n) is 14.1. The molecular weight excluding hydrogens is 312 g/mol. The Bertz CT molecular complexity index is 540. The maximum Gasteiger partial charge on any atom is 0.263 e. The Kier molecular flexibility index (Phi) is 5.93. The van der Waals surface area contributed by atoms with Gasteiger partial charge in [-0.3, -0.25) is 4.79 Å². The van der Waals surface area contributed by atoms with E-state index in [4.69, 9.17) is 4.74 Å². The van der Waals surface area contributed by atoms with Crippen molar-refractivity contribution < 1.29 is 9.53 Å². The van der Waals surface area contributed by atoms with Crippen LogP contribution in [0.1, 0.15) is 38.2 Å². The second kappa shape index (κ2) is 7.54. The lowest BCUT2D eigenvalue weighted by Crippen LogP contribution is -2.51. The normalized spacial score (nSPS) is 27.0. The summed E-state index contributed by atoms with van der Waals surface area (Å²) >= 11 is 0. The summed E-state index contributed by atoms with van der Waals surface area (Å²) in [6, 6.07) is 9.37. The Hall–Kier alpha value is -1.26. The Balaban J connectivity index is 0.00000192. The Morgan fingerprint density at radius 2 is 1.96 bits per heavy atom. The van der Waals surface area contributed by atoms with Gasteiger partial charge in [0.25, 0.3) is 5.91 Å². The number of benzene rings is 1. The van der Waals surface area contributed by atoms with E-state index in [-0.39, 0.29) is 18.3 Å². The molecule has 0 aliphatic carbocycles. The maximum atomic E-state index is 12.6. The molecule has 0 saturated carbocycles. The van der Waals surface area contributed by atoms with Gasteiger partial charge in [-0.1, -0.05) is 12.1 Å². The molecular formula is C18H27ClN2O2. The van der Waals surface area contributed by atoms with E-state index >= 15 is 0 Å². The Labute approximate surface area is 145 Å². The van der Waals surface area contributed by atoms with Gasteiger partial charge >= 0.3 is 0 Å². The number of nitrogens with zero attached hydrogens (tertiary/aromatic N) is 1. The summed E-state index contributed by atoms with van der Waals surface area (Å²) in [4.78, 5) is 14.6. The smallest absolute Gasteiger partial charge is 0.263 e. The van der Waals surface area contributed by atoms with Crippen molar-refractivity contribution in [2.45, 2.75) is 63.8 Å². The van der Waals surface area contributed by atoms with Crippen LogP contribution >= 0.6 is 12.4 Å². The molecule has 2 aliphatic rings. The topological polar surface area (TPSA) is 41.6 Å². The van der Waals surface area contributed by atoms with E-state index in [9.17, 15) is 4.79 Å². The summed E-state index contributed by atoms with van der Waals surface area (Å²) in [6.45, 7) is 3.87. The van der Waals surface area contributed by atoms with E-state index in [2.05, 4.69) is 5.32 Å². The molecule has 23 heavy (non-hydrogen) atoms. The van der Waals surface area contributed by atoms with Gasteiger partial charge in [0.05, 0.1) is 0 Å². The molecule has 2 fully saturated rings. The Morgan fingerprint density at radius 3 is 2.57 bits per heavy atom. The molecule has 0 radical (unpaired) electrons. The van der Waals surface area contributed by atoms with E-state index in [0.29, 0.717) is 18.1 Å². The zero-order chi connectivity index (χ0) is 15.7. The number of aryl methyl sites for hydroxylation is 1. The summed E-state index contributed by atoms with van der Waals surface area (Å²) in [6.07, 6.45) is 4.18. The second-order valence-corrected chi connectivity index (χ2v) is 6.79. The van der Waals surface area contributed by atoms with E-state index in [1.165, 1.54) is 12.8 Å². The number of likely N-dealkylation sites (N-methyl/N-ethyl adjacent to an activating group) is 1. The number of amides is 1. The van der Waals surface area contributed by atoms with Gasteiger partial charge in [0, 0.05) is 25.2 Å². The molecule has 2 heterocycles. The summed E-state index contributed by atoms with van der Waals surface area (Å²) in [5.41, 5.74) is 1.14. The van der Waals surface area contributed by atoms with Gasteiger partial charge in [0.15, 0.2) is 6.10 Å². The standard InChI is InChI=1S/C18H26N2O2.ClH/c1-12-5-4-6-17(9-12)22-13(2)18(21)20(3)16-10-14-7-8-15(11-16)19-14;/h4-6,9,13-16,19H,7-8,10-11H2,1-3H3;1H. The van der Waals surface area contributed by atoms with Gasteiger partial charge in [0.1, 0.15) is 5.75 Å². The molecule has 3 unspecified atom stereocenters. The SMILES string of the molecule is Cc1cccc(OC(C)C(=O)N(C)C2CC3CCC(C2)N3)c1.Cl. The molecule has 0 spiro atoms. The van der Waals surface area contributed by atoms with Crippen LogP contribution in [0.25, 0.3) is 0 Å². The molecule has 0 aromatic heterocycles. The second-order valence-electron chi connectivity index (χ2n) is 6.79. The highest BCUT2D eigenvalue weighted by Gasteiger charge is 2.37. The molecule has 2 aliphatic heterocycles. The summed E-state index contributed by atoms with van der Waals surface area (Å²) in [5, 5.41) is 3.62. The minimum atomic E-state index is -0.445. The van der Waals surface area contributed by atoms with Gasteiger partial charge in [-0.05, 0) is 57.2 Å². The van der Waals surface area contributed by atoms with Crippen molar-refractivity contribution in [3.05, 3.63) is 29.8 Å². The minimum absolute atomic E-state index is 0. The molecule has 2 bridgehead atoms.